The number of rotatable bonds is 6. The number of amides is 1. The first kappa shape index (κ1) is 22.7. The zero-order chi connectivity index (χ0) is 24.2. The van der Waals surface area contributed by atoms with Crippen LogP contribution in [0.1, 0.15) is 5.56 Å². The fourth-order valence-electron chi connectivity index (χ4n) is 4.45. The number of carbonyl (C=O) groups excluding carboxylic acids is 1. The number of carbonyl (C=O) groups is 1. The smallest absolute Gasteiger partial charge is 0.227 e. The molecule has 0 aliphatic carbocycles. The minimum Gasteiger partial charge on any atom is -0.493 e. The van der Waals surface area contributed by atoms with Crippen LogP contribution >= 0.6 is 0 Å². The van der Waals surface area contributed by atoms with E-state index in [0.29, 0.717) is 49.9 Å². The van der Waals surface area contributed by atoms with Crippen molar-refractivity contribution in [3.05, 3.63) is 78.4 Å². The summed E-state index contributed by atoms with van der Waals surface area (Å²) in [4.78, 5) is 26.9. The molecule has 7 nitrogen and oxygen atoms in total. The molecule has 0 saturated carbocycles. The van der Waals surface area contributed by atoms with Gasteiger partial charge in [0, 0.05) is 43.2 Å². The molecule has 4 aromatic rings. The molecule has 35 heavy (non-hydrogen) atoms. The first-order chi connectivity index (χ1) is 17.2. The number of hydrogen-bond acceptors (Lipinski definition) is 6. The van der Waals surface area contributed by atoms with Crippen LogP contribution in [0.4, 0.5) is 5.82 Å². The van der Waals surface area contributed by atoms with Crippen LogP contribution in [-0.4, -0.2) is 61.2 Å². The van der Waals surface area contributed by atoms with Crippen LogP contribution in [0.15, 0.2) is 72.8 Å². The highest BCUT2D eigenvalue weighted by molar-refractivity contribution is 5.93. The molecule has 3 aromatic carbocycles. The van der Waals surface area contributed by atoms with Gasteiger partial charge in [-0.1, -0.05) is 60.7 Å². The lowest BCUT2D eigenvalue weighted by Gasteiger charge is -2.36. The number of aromatic nitrogens is 2. The van der Waals surface area contributed by atoms with Gasteiger partial charge in [-0.25, -0.2) is 9.97 Å². The van der Waals surface area contributed by atoms with Gasteiger partial charge in [-0.15, -0.1) is 0 Å². The Kier molecular flexibility index (Phi) is 6.48. The SMILES string of the molecule is COc1cc2nc(-c3ccccc3)nc(N3CCN(C(=O)Cc4ccccc4)CC3)c2cc1OC. The van der Waals surface area contributed by atoms with Crippen molar-refractivity contribution < 1.29 is 14.3 Å². The summed E-state index contributed by atoms with van der Waals surface area (Å²) in [6, 6.07) is 23.7. The number of piperazine rings is 1. The third-order valence-corrected chi connectivity index (χ3v) is 6.34. The molecule has 0 radical (unpaired) electrons. The standard InChI is InChI=1S/C28H28N4O3/c1-34-24-18-22-23(19-25(24)35-2)29-27(21-11-7-4-8-12-21)30-28(22)32-15-13-31(14-16-32)26(33)17-20-9-5-3-6-10-20/h3-12,18-19H,13-17H2,1-2H3. The van der Waals surface area contributed by atoms with E-state index in [2.05, 4.69) is 4.90 Å². The molecule has 0 N–H and O–H groups in total. The first-order valence-electron chi connectivity index (χ1n) is 11.7. The number of anilines is 1. The van der Waals surface area contributed by atoms with Crippen LogP contribution < -0.4 is 14.4 Å². The maximum absolute atomic E-state index is 12.9. The molecule has 178 valence electrons. The van der Waals surface area contributed by atoms with Crippen molar-refractivity contribution in [3.8, 4) is 22.9 Å². The van der Waals surface area contributed by atoms with Crippen molar-refractivity contribution in [2.45, 2.75) is 6.42 Å². The summed E-state index contributed by atoms with van der Waals surface area (Å²) in [7, 11) is 3.25. The third-order valence-electron chi connectivity index (χ3n) is 6.34. The third kappa shape index (κ3) is 4.75. The topological polar surface area (TPSA) is 67.8 Å². The van der Waals surface area contributed by atoms with Crippen LogP contribution in [0.5, 0.6) is 11.5 Å². The molecule has 0 spiro atoms. The van der Waals surface area contributed by atoms with E-state index in [9.17, 15) is 4.79 Å². The zero-order valence-electron chi connectivity index (χ0n) is 20.0. The van der Waals surface area contributed by atoms with E-state index >= 15 is 0 Å². The Labute approximate surface area is 204 Å². The molecular formula is C28H28N4O3. The average Bonchev–Trinajstić information content (AvgIpc) is 2.92. The molecule has 0 atom stereocenters. The predicted octanol–water partition coefficient (Wildman–Crippen LogP) is 4.21. The van der Waals surface area contributed by atoms with E-state index in [1.165, 1.54) is 0 Å². The van der Waals surface area contributed by atoms with E-state index in [-0.39, 0.29) is 5.91 Å². The van der Waals surface area contributed by atoms with Crippen LogP contribution in [0.3, 0.4) is 0 Å². The van der Waals surface area contributed by atoms with E-state index in [4.69, 9.17) is 19.4 Å². The van der Waals surface area contributed by atoms with Gasteiger partial charge >= 0.3 is 0 Å². The molecule has 1 saturated heterocycles. The molecule has 2 heterocycles. The monoisotopic (exact) mass is 468 g/mol. The predicted molar refractivity (Wildman–Crippen MR) is 137 cm³/mol. The largest absolute Gasteiger partial charge is 0.493 e. The molecule has 1 fully saturated rings. The maximum Gasteiger partial charge on any atom is 0.227 e. The van der Waals surface area contributed by atoms with Gasteiger partial charge in [0.2, 0.25) is 5.91 Å². The Morgan fingerprint density at radius 2 is 1.46 bits per heavy atom. The van der Waals surface area contributed by atoms with Crippen molar-refractivity contribution >= 4 is 22.6 Å². The Balaban J connectivity index is 1.45. The fourth-order valence-corrected chi connectivity index (χ4v) is 4.45. The van der Waals surface area contributed by atoms with Crippen molar-refractivity contribution in [1.82, 2.24) is 14.9 Å². The highest BCUT2D eigenvalue weighted by Gasteiger charge is 2.25. The van der Waals surface area contributed by atoms with Gasteiger partial charge in [0.05, 0.1) is 26.2 Å². The summed E-state index contributed by atoms with van der Waals surface area (Å²) in [6.07, 6.45) is 0.423. The molecule has 1 amide bonds. The van der Waals surface area contributed by atoms with E-state index in [0.717, 1.165) is 27.8 Å². The molecule has 5 rings (SSSR count). The number of fused-ring (bicyclic) bond motifs is 1. The second-order valence-electron chi connectivity index (χ2n) is 8.49. The highest BCUT2D eigenvalue weighted by Crippen LogP contribution is 2.36. The van der Waals surface area contributed by atoms with Crippen LogP contribution in [0.25, 0.3) is 22.3 Å². The quantitative estimate of drug-likeness (QED) is 0.422. The number of ether oxygens (including phenoxy) is 2. The van der Waals surface area contributed by atoms with Gasteiger partial charge < -0.3 is 19.3 Å². The second-order valence-corrected chi connectivity index (χ2v) is 8.49. The lowest BCUT2D eigenvalue weighted by molar-refractivity contribution is -0.130. The van der Waals surface area contributed by atoms with Crippen LogP contribution in [0.2, 0.25) is 0 Å². The summed E-state index contributed by atoms with van der Waals surface area (Å²) in [6.45, 7) is 2.67. The molecule has 0 bridgehead atoms. The Morgan fingerprint density at radius 1 is 0.829 bits per heavy atom. The summed E-state index contributed by atoms with van der Waals surface area (Å²) in [5.41, 5.74) is 2.77. The number of methoxy groups -OCH3 is 2. The summed E-state index contributed by atoms with van der Waals surface area (Å²) < 4.78 is 11.1. The molecule has 1 aliphatic heterocycles. The van der Waals surface area contributed by atoms with Crippen LogP contribution in [0, 0.1) is 0 Å². The van der Waals surface area contributed by atoms with E-state index in [1.807, 2.05) is 77.7 Å². The molecule has 0 unspecified atom stereocenters. The molecular weight excluding hydrogens is 440 g/mol. The number of benzene rings is 3. The van der Waals surface area contributed by atoms with Gasteiger partial charge in [-0.2, -0.15) is 0 Å². The van der Waals surface area contributed by atoms with Crippen LogP contribution in [-0.2, 0) is 11.2 Å². The van der Waals surface area contributed by atoms with Crippen molar-refractivity contribution in [2.24, 2.45) is 0 Å². The normalized spacial score (nSPS) is 13.7. The Morgan fingerprint density at radius 3 is 2.11 bits per heavy atom. The van der Waals surface area contributed by atoms with E-state index in [1.54, 1.807) is 14.2 Å². The van der Waals surface area contributed by atoms with Gasteiger partial charge in [-0.05, 0) is 11.6 Å². The lowest BCUT2D eigenvalue weighted by Crippen LogP contribution is -2.49. The van der Waals surface area contributed by atoms with Gasteiger partial charge in [0.15, 0.2) is 17.3 Å². The van der Waals surface area contributed by atoms with Crippen molar-refractivity contribution in [3.63, 3.8) is 0 Å². The molecule has 7 heteroatoms. The number of hydrogen-bond donors (Lipinski definition) is 0. The zero-order valence-corrected chi connectivity index (χ0v) is 20.0. The molecule has 1 aliphatic rings. The highest BCUT2D eigenvalue weighted by atomic mass is 16.5. The first-order valence-corrected chi connectivity index (χ1v) is 11.7. The number of nitrogens with zero attached hydrogens (tertiary/aromatic N) is 4. The Hall–Kier alpha value is -4.13. The summed E-state index contributed by atoms with van der Waals surface area (Å²) in [5.74, 6) is 2.90. The van der Waals surface area contributed by atoms with Gasteiger partial charge in [0.25, 0.3) is 0 Å². The Bertz CT molecular complexity index is 1320. The van der Waals surface area contributed by atoms with Gasteiger partial charge in [-0.3, -0.25) is 4.79 Å². The maximum atomic E-state index is 12.9. The summed E-state index contributed by atoms with van der Waals surface area (Å²) in [5, 5.41) is 0.895. The van der Waals surface area contributed by atoms with Crippen molar-refractivity contribution in [2.75, 3.05) is 45.3 Å². The minimum absolute atomic E-state index is 0.153. The van der Waals surface area contributed by atoms with E-state index < -0.39 is 0 Å². The lowest BCUT2D eigenvalue weighted by atomic mass is 10.1. The average molecular weight is 469 g/mol. The fraction of sp³-hybridized carbons (Fsp3) is 0.250. The van der Waals surface area contributed by atoms with Crippen molar-refractivity contribution in [1.29, 1.82) is 0 Å². The minimum atomic E-state index is 0.153. The second kappa shape index (κ2) is 10.0. The van der Waals surface area contributed by atoms with Gasteiger partial charge in [0.1, 0.15) is 5.82 Å². The summed E-state index contributed by atoms with van der Waals surface area (Å²) >= 11 is 0. The molecule has 1 aromatic heterocycles.